The van der Waals surface area contributed by atoms with Gasteiger partial charge in [-0.2, -0.15) is 0 Å². The summed E-state index contributed by atoms with van der Waals surface area (Å²) in [6, 6.07) is 0. The molecule has 0 aromatic heterocycles. The van der Waals surface area contributed by atoms with E-state index in [2.05, 4.69) is 0 Å². The summed E-state index contributed by atoms with van der Waals surface area (Å²) in [6.07, 6.45) is 1.63. The highest BCUT2D eigenvalue weighted by Crippen LogP contribution is 2.21. The van der Waals surface area contributed by atoms with Crippen molar-refractivity contribution in [2.45, 2.75) is 32.3 Å². The van der Waals surface area contributed by atoms with E-state index in [1.165, 1.54) is 0 Å². The average molecular weight is 175 g/mol. The van der Waals surface area contributed by atoms with Gasteiger partial charge in [0.05, 0.1) is 5.60 Å². The molecule has 0 aromatic rings. The van der Waals surface area contributed by atoms with Crippen LogP contribution in [0.5, 0.6) is 0 Å². The lowest BCUT2D eigenvalue weighted by Gasteiger charge is -2.29. The third-order valence-electron chi connectivity index (χ3n) is 2.45. The van der Waals surface area contributed by atoms with E-state index in [0.29, 0.717) is 13.2 Å². The maximum Gasteiger partial charge on any atom is 0.0658 e. The van der Waals surface area contributed by atoms with Gasteiger partial charge in [-0.1, -0.05) is 6.92 Å². The molecule has 0 saturated carbocycles. The Balaban J connectivity index is 3.70. The quantitative estimate of drug-likeness (QED) is 0.586. The summed E-state index contributed by atoms with van der Waals surface area (Å²) >= 11 is 0. The molecule has 0 aliphatic heterocycles. The van der Waals surface area contributed by atoms with Gasteiger partial charge in [0.25, 0.3) is 0 Å². The molecule has 2 unspecified atom stereocenters. The molecule has 0 spiro atoms. The maximum absolute atomic E-state index is 9.87. The second kappa shape index (κ2) is 5.51. The van der Waals surface area contributed by atoms with Crippen LogP contribution in [-0.4, -0.2) is 31.0 Å². The zero-order valence-electron chi connectivity index (χ0n) is 8.34. The topological polar surface area (TPSA) is 55.5 Å². The van der Waals surface area contributed by atoms with Crippen molar-refractivity contribution < 1.29 is 9.84 Å². The Morgan fingerprint density at radius 1 is 1.58 bits per heavy atom. The summed E-state index contributed by atoms with van der Waals surface area (Å²) in [6.45, 7) is 5.03. The van der Waals surface area contributed by atoms with Crippen LogP contribution < -0.4 is 5.73 Å². The highest BCUT2D eigenvalue weighted by molar-refractivity contribution is 4.79. The number of rotatable bonds is 6. The first kappa shape index (κ1) is 11.9. The maximum atomic E-state index is 9.87. The van der Waals surface area contributed by atoms with Crippen LogP contribution in [0.4, 0.5) is 0 Å². The van der Waals surface area contributed by atoms with Gasteiger partial charge >= 0.3 is 0 Å². The van der Waals surface area contributed by atoms with Crippen LogP contribution in [0, 0.1) is 5.92 Å². The smallest absolute Gasteiger partial charge is 0.0658 e. The Hall–Kier alpha value is -0.120. The highest BCUT2D eigenvalue weighted by atomic mass is 16.5. The molecule has 0 rings (SSSR count). The summed E-state index contributed by atoms with van der Waals surface area (Å²) in [5.74, 6) is 0.148. The number of ether oxygens (including phenoxy) is 1. The molecule has 0 bridgehead atoms. The summed E-state index contributed by atoms with van der Waals surface area (Å²) in [7, 11) is 1.67. The molecule has 3 nitrogen and oxygen atoms in total. The molecule has 0 aliphatic carbocycles. The molecule has 0 saturated heterocycles. The second-order valence-corrected chi connectivity index (χ2v) is 3.59. The van der Waals surface area contributed by atoms with Gasteiger partial charge < -0.3 is 15.6 Å². The number of methoxy groups -OCH3 is 1. The van der Waals surface area contributed by atoms with Gasteiger partial charge in [-0.3, -0.25) is 0 Å². The van der Waals surface area contributed by atoms with Crippen molar-refractivity contribution in [3.05, 3.63) is 0 Å². The lowest BCUT2D eigenvalue weighted by molar-refractivity contribution is -0.00511. The zero-order valence-corrected chi connectivity index (χ0v) is 8.34. The van der Waals surface area contributed by atoms with Crippen molar-refractivity contribution in [2.75, 3.05) is 20.3 Å². The molecule has 74 valence electrons. The zero-order chi connectivity index (χ0) is 9.61. The first-order valence-electron chi connectivity index (χ1n) is 4.46. The minimum atomic E-state index is -0.646. The molecule has 0 radical (unpaired) electrons. The van der Waals surface area contributed by atoms with E-state index in [1.54, 1.807) is 7.11 Å². The third-order valence-corrected chi connectivity index (χ3v) is 2.45. The van der Waals surface area contributed by atoms with E-state index in [1.807, 2.05) is 13.8 Å². The molecule has 12 heavy (non-hydrogen) atoms. The van der Waals surface area contributed by atoms with Crippen molar-refractivity contribution in [1.29, 1.82) is 0 Å². The van der Waals surface area contributed by atoms with Crippen molar-refractivity contribution in [3.63, 3.8) is 0 Å². The second-order valence-electron chi connectivity index (χ2n) is 3.59. The van der Waals surface area contributed by atoms with Gasteiger partial charge in [-0.15, -0.1) is 0 Å². The third kappa shape index (κ3) is 4.04. The molecule has 0 aromatic carbocycles. The van der Waals surface area contributed by atoms with Crippen molar-refractivity contribution in [3.8, 4) is 0 Å². The van der Waals surface area contributed by atoms with Crippen LogP contribution in [0.3, 0.4) is 0 Å². The predicted molar refractivity (Wildman–Crippen MR) is 50.0 cm³/mol. The van der Waals surface area contributed by atoms with E-state index >= 15 is 0 Å². The lowest BCUT2D eigenvalue weighted by atomic mass is 9.87. The summed E-state index contributed by atoms with van der Waals surface area (Å²) in [5.41, 5.74) is 4.83. The molecule has 3 heteroatoms. The Kier molecular flexibility index (Phi) is 5.46. The number of nitrogens with two attached hydrogens (primary N) is 1. The number of hydrogen-bond donors (Lipinski definition) is 2. The van der Waals surface area contributed by atoms with Crippen LogP contribution in [0.1, 0.15) is 26.7 Å². The van der Waals surface area contributed by atoms with E-state index in [4.69, 9.17) is 10.5 Å². The summed E-state index contributed by atoms with van der Waals surface area (Å²) in [4.78, 5) is 0. The molecule has 2 atom stereocenters. The van der Waals surface area contributed by atoms with E-state index in [-0.39, 0.29) is 5.92 Å². The van der Waals surface area contributed by atoms with E-state index < -0.39 is 5.60 Å². The number of aliphatic hydroxyl groups is 1. The largest absolute Gasteiger partial charge is 0.390 e. The standard InChI is InChI=1S/C9H21NO2/c1-8(7-10)9(2,11)5-4-6-12-3/h8,11H,4-7,10H2,1-3H3. The van der Waals surface area contributed by atoms with E-state index in [9.17, 15) is 5.11 Å². The Morgan fingerprint density at radius 2 is 2.17 bits per heavy atom. The molecule has 3 N–H and O–H groups in total. The molecule has 0 fully saturated rings. The molecule has 0 heterocycles. The Labute approximate surface area is 74.9 Å². The fourth-order valence-electron chi connectivity index (χ4n) is 1.07. The summed E-state index contributed by atoms with van der Waals surface area (Å²) < 4.78 is 4.91. The fraction of sp³-hybridized carbons (Fsp3) is 1.00. The van der Waals surface area contributed by atoms with Crippen molar-refractivity contribution in [2.24, 2.45) is 11.7 Å². The van der Waals surface area contributed by atoms with Crippen LogP contribution in [0.2, 0.25) is 0 Å². The van der Waals surface area contributed by atoms with Gasteiger partial charge in [0.15, 0.2) is 0 Å². The predicted octanol–water partition coefficient (Wildman–Crippen LogP) is 0.759. The average Bonchev–Trinajstić information content (AvgIpc) is 2.03. The fourth-order valence-corrected chi connectivity index (χ4v) is 1.07. The van der Waals surface area contributed by atoms with Gasteiger partial charge in [0.2, 0.25) is 0 Å². The summed E-state index contributed by atoms with van der Waals surface area (Å²) in [5, 5.41) is 9.87. The lowest BCUT2D eigenvalue weighted by Crippen LogP contribution is -2.37. The van der Waals surface area contributed by atoms with Crippen LogP contribution in [-0.2, 0) is 4.74 Å². The van der Waals surface area contributed by atoms with Gasteiger partial charge in [-0.25, -0.2) is 0 Å². The van der Waals surface area contributed by atoms with Gasteiger partial charge in [0, 0.05) is 13.7 Å². The van der Waals surface area contributed by atoms with Gasteiger partial charge in [0.1, 0.15) is 0 Å². The SMILES string of the molecule is COCCCC(C)(O)C(C)CN. The van der Waals surface area contributed by atoms with Crippen LogP contribution in [0.15, 0.2) is 0 Å². The molecule has 0 amide bonds. The Morgan fingerprint density at radius 3 is 2.58 bits per heavy atom. The van der Waals surface area contributed by atoms with Crippen molar-refractivity contribution >= 4 is 0 Å². The van der Waals surface area contributed by atoms with Gasteiger partial charge in [-0.05, 0) is 32.2 Å². The van der Waals surface area contributed by atoms with Crippen LogP contribution in [0.25, 0.3) is 0 Å². The molecular weight excluding hydrogens is 154 g/mol. The monoisotopic (exact) mass is 175 g/mol. The molecular formula is C9H21NO2. The Bertz CT molecular complexity index is 115. The van der Waals surface area contributed by atoms with Crippen molar-refractivity contribution in [1.82, 2.24) is 0 Å². The molecule has 0 aliphatic rings. The first-order chi connectivity index (χ1) is 5.54. The van der Waals surface area contributed by atoms with Crippen LogP contribution >= 0.6 is 0 Å². The highest BCUT2D eigenvalue weighted by Gasteiger charge is 2.26. The number of hydrogen-bond acceptors (Lipinski definition) is 3. The van der Waals surface area contributed by atoms with E-state index in [0.717, 1.165) is 12.8 Å². The first-order valence-corrected chi connectivity index (χ1v) is 4.46. The normalized spacial score (nSPS) is 18.8. The minimum Gasteiger partial charge on any atom is -0.390 e. The minimum absolute atomic E-state index is 0.148.